The molecule has 0 unspecified atom stereocenters. The molecule has 1 heterocycles. The van der Waals surface area contributed by atoms with E-state index in [9.17, 15) is 24.0 Å². The lowest BCUT2D eigenvalue weighted by Crippen LogP contribution is -2.67. The van der Waals surface area contributed by atoms with E-state index in [1.807, 2.05) is 0 Å². The smallest absolute Gasteiger partial charge is 0.303 e. The van der Waals surface area contributed by atoms with Gasteiger partial charge in [-0.05, 0) is 12.1 Å². The number of hydrogen-bond donors (Lipinski definition) is 2. The van der Waals surface area contributed by atoms with Gasteiger partial charge in [-0.25, -0.2) is 0 Å². The third-order valence-electron chi connectivity index (χ3n) is 4.51. The first-order chi connectivity index (χ1) is 16.0. The van der Waals surface area contributed by atoms with E-state index >= 15 is 0 Å². The van der Waals surface area contributed by atoms with Crippen molar-refractivity contribution in [1.29, 1.82) is 0 Å². The highest BCUT2D eigenvalue weighted by Crippen LogP contribution is 2.32. The summed E-state index contributed by atoms with van der Waals surface area (Å²) in [4.78, 5) is 58.7. The second-order valence-electron chi connectivity index (χ2n) is 7.52. The number of ether oxygens (including phenoxy) is 5. The summed E-state index contributed by atoms with van der Waals surface area (Å²) in [6.45, 7) is 5.68. The van der Waals surface area contributed by atoms with Crippen molar-refractivity contribution in [2.75, 3.05) is 11.9 Å². The molecule has 0 bridgehead atoms. The standard InChI is InChI=1S/C22H28N2O10/c1-11(25)23-16-8-6-7-9-17(16)33-22-19(24-12(2)26)21(32-15(5)29)20(31-14(4)28)18(34-22)10-30-13(3)27/h6-9,18-22H,10H2,1-5H3,(H,23,25)(H,24,26)/t18-,19+,20-,21+,22+/m1/s1. The Hall–Kier alpha value is -3.67. The molecule has 1 fully saturated rings. The average Bonchev–Trinajstić information content (AvgIpc) is 2.71. The fourth-order valence-electron chi connectivity index (χ4n) is 3.38. The second-order valence-corrected chi connectivity index (χ2v) is 7.52. The lowest BCUT2D eigenvalue weighted by Gasteiger charge is -2.44. The number of rotatable bonds is 8. The van der Waals surface area contributed by atoms with E-state index in [1.54, 1.807) is 24.3 Å². The highest BCUT2D eigenvalue weighted by Gasteiger charge is 2.52. The first-order valence-electron chi connectivity index (χ1n) is 10.4. The first kappa shape index (κ1) is 26.6. The van der Waals surface area contributed by atoms with Crippen LogP contribution in [-0.4, -0.2) is 67.0 Å². The normalized spacial score (nSPS) is 23.7. The van der Waals surface area contributed by atoms with Crippen molar-refractivity contribution in [3.63, 3.8) is 0 Å². The Labute approximate surface area is 196 Å². The number of para-hydroxylation sites is 2. The largest absolute Gasteiger partial charge is 0.463 e. The van der Waals surface area contributed by atoms with Crippen LogP contribution in [0.4, 0.5) is 5.69 Å². The summed E-state index contributed by atoms with van der Waals surface area (Å²) in [5.41, 5.74) is 0.322. The zero-order valence-corrected chi connectivity index (χ0v) is 19.5. The van der Waals surface area contributed by atoms with Gasteiger partial charge in [0.15, 0.2) is 12.2 Å². The molecule has 2 rings (SSSR count). The topological polar surface area (TPSA) is 156 Å². The van der Waals surface area contributed by atoms with Crippen molar-refractivity contribution in [2.24, 2.45) is 0 Å². The summed E-state index contributed by atoms with van der Waals surface area (Å²) < 4.78 is 27.7. The monoisotopic (exact) mass is 480 g/mol. The van der Waals surface area contributed by atoms with Gasteiger partial charge in [0, 0.05) is 34.6 Å². The highest BCUT2D eigenvalue weighted by molar-refractivity contribution is 5.90. The summed E-state index contributed by atoms with van der Waals surface area (Å²) in [5, 5.41) is 5.22. The molecule has 12 heteroatoms. The molecule has 2 N–H and O–H groups in total. The number of anilines is 1. The summed E-state index contributed by atoms with van der Waals surface area (Å²) in [6, 6.07) is 5.34. The molecule has 1 aliphatic heterocycles. The van der Waals surface area contributed by atoms with Crippen molar-refractivity contribution in [1.82, 2.24) is 5.32 Å². The molecular weight excluding hydrogens is 452 g/mol. The molecule has 0 saturated carbocycles. The molecule has 12 nitrogen and oxygen atoms in total. The fraction of sp³-hybridized carbons (Fsp3) is 0.500. The molecule has 1 saturated heterocycles. The molecule has 0 aliphatic carbocycles. The van der Waals surface area contributed by atoms with Crippen LogP contribution in [0, 0.1) is 0 Å². The van der Waals surface area contributed by atoms with E-state index in [4.69, 9.17) is 23.7 Å². The van der Waals surface area contributed by atoms with Crippen LogP contribution in [0.25, 0.3) is 0 Å². The number of nitrogens with one attached hydrogen (secondary N) is 2. The van der Waals surface area contributed by atoms with Gasteiger partial charge in [0.25, 0.3) is 0 Å². The third kappa shape index (κ3) is 7.73. The maximum atomic E-state index is 12.0. The number of benzene rings is 1. The zero-order valence-electron chi connectivity index (χ0n) is 19.5. The zero-order chi connectivity index (χ0) is 25.4. The van der Waals surface area contributed by atoms with Gasteiger partial charge in [0.2, 0.25) is 18.1 Å². The molecule has 0 aromatic heterocycles. The van der Waals surface area contributed by atoms with E-state index in [0.717, 1.165) is 13.8 Å². The van der Waals surface area contributed by atoms with Gasteiger partial charge in [0.05, 0.1) is 5.69 Å². The van der Waals surface area contributed by atoms with E-state index in [1.165, 1.54) is 20.8 Å². The van der Waals surface area contributed by atoms with Crippen LogP contribution < -0.4 is 15.4 Å². The van der Waals surface area contributed by atoms with E-state index in [0.29, 0.717) is 5.69 Å². The molecule has 5 atom stereocenters. The summed E-state index contributed by atoms with van der Waals surface area (Å²) in [6.07, 6.45) is -4.89. The minimum atomic E-state index is -1.30. The van der Waals surface area contributed by atoms with Gasteiger partial charge in [-0.3, -0.25) is 24.0 Å². The van der Waals surface area contributed by atoms with Crippen molar-refractivity contribution in [3.8, 4) is 5.75 Å². The maximum absolute atomic E-state index is 12.0. The summed E-state index contributed by atoms with van der Waals surface area (Å²) in [5.74, 6) is -2.71. The predicted octanol–water partition coefficient (Wildman–Crippen LogP) is 0.680. The Morgan fingerprint density at radius 3 is 2.03 bits per heavy atom. The molecule has 186 valence electrons. The van der Waals surface area contributed by atoms with E-state index < -0.39 is 54.5 Å². The lowest BCUT2D eigenvalue weighted by atomic mass is 9.96. The Bertz CT molecular complexity index is 934. The third-order valence-corrected chi connectivity index (χ3v) is 4.51. The summed E-state index contributed by atoms with van der Waals surface area (Å²) >= 11 is 0. The van der Waals surface area contributed by atoms with Crippen molar-refractivity contribution in [2.45, 2.75) is 65.3 Å². The van der Waals surface area contributed by atoms with Gasteiger partial charge in [-0.15, -0.1) is 0 Å². The maximum Gasteiger partial charge on any atom is 0.303 e. The van der Waals surface area contributed by atoms with Gasteiger partial charge < -0.3 is 34.3 Å². The Kier molecular flexibility index (Phi) is 9.36. The molecule has 2 amide bonds. The lowest BCUT2D eigenvalue weighted by molar-refractivity contribution is -0.257. The van der Waals surface area contributed by atoms with Gasteiger partial charge in [-0.2, -0.15) is 0 Å². The quantitative estimate of drug-likeness (QED) is 0.401. The number of carbonyl (C=O) groups is 5. The Morgan fingerprint density at radius 2 is 1.47 bits per heavy atom. The number of amides is 2. The van der Waals surface area contributed by atoms with E-state index in [-0.39, 0.29) is 18.3 Å². The van der Waals surface area contributed by atoms with Crippen LogP contribution in [0.15, 0.2) is 24.3 Å². The molecular formula is C22H28N2O10. The average molecular weight is 480 g/mol. The van der Waals surface area contributed by atoms with Crippen LogP contribution >= 0.6 is 0 Å². The number of esters is 3. The molecule has 1 aromatic carbocycles. The first-order valence-corrected chi connectivity index (χ1v) is 10.4. The van der Waals surface area contributed by atoms with Gasteiger partial charge >= 0.3 is 17.9 Å². The van der Waals surface area contributed by atoms with Crippen LogP contribution in [0.1, 0.15) is 34.6 Å². The molecule has 1 aliphatic rings. The van der Waals surface area contributed by atoms with Crippen molar-refractivity contribution in [3.05, 3.63) is 24.3 Å². The summed E-state index contributed by atoms with van der Waals surface area (Å²) in [7, 11) is 0. The highest BCUT2D eigenvalue weighted by atomic mass is 16.7. The molecule has 0 radical (unpaired) electrons. The van der Waals surface area contributed by atoms with Gasteiger partial charge in [-0.1, -0.05) is 12.1 Å². The Morgan fingerprint density at radius 1 is 0.853 bits per heavy atom. The Balaban J connectivity index is 2.50. The number of carbonyl (C=O) groups excluding carboxylic acids is 5. The molecule has 34 heavy (non-hydrogen) atoms. The van der Waals surface area contributed by atoms with E-state index in [2.05, 4.69) is 10.6 Å². The molecule has 1 aromatic rings. The molecule has 0 spiro atoms. The van der Waals surface area contributed by atoms with Crippen molar-refractivity contribution >= 4 is 35.4 Å². The second kappa shape index (κ2) is 12.0. The van der Waals surface area contributed by atoms with Crippen LogP contribution in [0.2, 0.25) is 0 Å². The fourth-order valence-corrected chi connectivity index (χ4v) is 3.38. The van der Waals surface area contributed by atoms with Gasteiger partial charge in [0.1, 0.15) is 24.5 Å². The van der Waals surface area contributed by atoms with Crippen LogP contribution in [0.3, 0.4) is 0 Å². The van der Waals surface area contributed by atoms with Crippen molar-refractivity contribution < 1.29 is 47.7 Å². The van der Waals surface area contributed by atoms with Crippen LogP contribution in [0.5, 0.6) is 5.75 Å². The SMILES string of the molecule is CC(=O)Nc1ccccc1O[C@H]1O[C@H](COC(C)=O)[C@@H](OC(C)=O)[C@@H](OC(C)=O)[C@@H]1NC(C)=O. The minimum Gasteiger partial charge on any atom is -0.463 e. The minimum absolute atomic E-state index is 0.191. The predicted molar refractivity (Wildman–Crippen MR) is 115 cm³/mol. The van der Waals surface area contributed by atoms with Crippen LogP contribution in [-0.2, 0) is 42.9 Å². The number of hydrogen-bond acceptors (Lipinski definition) is 10.